The van der Waals surface area contributed by atoms with Gasteiger partial charge in [-0.2, -0.15) is 26.3 Å². The number of rotatable bonds is 8. The zero-order valence-corrected chi connectivity index (χ0v) is 17.5. The van der Waals surface area contributed by atoms with Crippen LogP contribution in [0.5, 0.6) is 0 Å². The highest BCUT2D eigenvalue weighted by molar-refractivity contribution is 6.14. The summed E-state index contributed by atoms with van der Waals surface area (Å²) in [6, 6.07) is 0.257. The molecule has 1 aromatic rings. The molecule has 0 aliphatic heterocycles. The van der Waals surface area contributed by atoms with Gasteiger partial charge in [0.1, 0.15) is 11.6 Å². The average Bonchev–Trinajstić information content (AvgIpc) is 3.41. The summed E-state index contributed by atoms with van der Waals surface area (Å²) in [5.74, 6) is -2.11. The van der Waals surface area contributed by atoms with Crippen LogP contribution in [0.25, 0.3) is 0 Å². The van der Waals surface area contributed by atoms with Gasteiger partial charge in [-0.3, -0.25) is 10.1 Å². The molecule has 0 spiro atoms. The molecule has 4 N–H and O–H groups in total. The third-order valence-corrected chi connectivity index (χ3v) is 5.21. The van der Waals surface area contributed by atoms with Gasteiger partial charge in [0.05, 0.1) is 29.3 Å². The van der Waals surface area contributed by atoms with Crippen molar-refractivity contribution in [2.75, 3.05) is 7.05 Å². The van der Waals surface area contributed by atoms with E-state index in [9.17, 15) is 40.3 Å². The maximum Gasteiger partial charge on any atom is 0.419 e. The van der Waals surface area contributed by atoms with E-state index in [1.54, 1.807) is 6.92 Å². The Kier molecular flexibility index (Phi) is 7.44. The van der Waals surface area contributed by atoms with Crippen LogP contribution < -0.4 is 16.0 Å². The lowest BCUT2D eigenvalue weighted by Crippen LogP contribution is -2.42. The van der Waals surface area contributed by atoms with Crippen molar-refractivity contribution >= 4 is 18.0 Å². The Labute approximate surface area is 184 Å². The molecule has 182 valence electrons. The number of carbonyl (C=O) groups excluding carboxylic acids is 2. The smallest absolute Gasteiger partial charge is 0.364 e. The quantitative estimate of drug-likeness (QED) is 0.189. The normalized spacial score (nSPS) is 16.9. The minimum absolute atomic E-state index is 0.0179. The van der Waals surface area contributed by atoms with Crippen molar-refractivity contribution < 1.29 is 40.3 Å². The minimum Gasteiger partial charge on any atom is -0.364 e. The van der Waals surface area contributed by atoms with Crippen molar-refractivity contribution in [2.24, 2.45) is 5.41 Å². The van der Waals surface area contributed by atoms with Crippen LogP contribution in [-0.4, -0.2) is 31.3 Å². The van der Waals surface area contributed by atoms with E-state index in [2.05, 4.69) is 16.0 Å². The van der Waals surface area contributed by atoms with E-state index < -0.39 is 64.7 Å². The van der Waals surface area contributed by atoms with Crippen molar-refractivity contribution in [3.05, 3.63) is 46.5 Å². The second-order valence-corrected chi connectivity index (χ2v) is 7.85. The molecule has 1 aliphatic carbocycles. The lowest BCUT2D eigenvalue weighted by atomic mass is 9.90. The molecule has 0 saturated heterocycles. The molecule has 0 bridgehead atoms. The minimum atomic E-state index is -4.93. The van der Waals surface area contributed by atoms with E-state index in [-0.39, 0.29) is 11.8 Å². The Balaban J connectivity index is 2.54. The monoisotopic (exact) mass is 482 g/mol. The Morgan fingerprint density at radius 2 is 1.82 bits per heavy atom. The van der Waals surface area contributed by atoms with E-state index in [1.165, 1.54) is 7.05 Å². The fourth-order valence-corrected chi connectivity index (χ4v) is 3.16. The first-order valence-corrected chi connectivity index (χ1v) is 9.57. The molecule has 6 nitrogen and oxygen atoms in total. The highest BCUT2D eigenvalue weighted by Gasteiger charge is 2.47. The number of alkyl halides is 6. The predicted octanol–water partition coefficient (Wildman–Crippen LogP) is 4.59. The molecular weight excluding hydrogens is 461 g/mol. The first kappa shape index (κ1) is 26.1. The molecule has 1 atom stereocenters. The maximum atomic E-state index is 14.2. The van der Waals surface area contributed by atoms with Gasteiger partial charge in [0, 0.05) is 7.05 Å². The summed E-state index contributed by atoms with van der Waals surface area (Å²) >= 11 is 0. The molecular formula is C20H21F7N4O2. The summed E-state index contributed by atoms with van der Waals surface area (Å²) < 4.78 is 91.3. The van der Waals surface area contributed by atoms with Crippen molar-refractivity contribution in [1.82, 2.24) is 16.0 Å². The Hall–Kier alpha value is -3.12. The molecule has 0 radical (unpaired) electrons. The van der Waals surface area contributed by atoms with Crippen LogP contribution in [0.1, 0.15) is 43.4 Å². The Bertz CT molecular complexity index is 966. The van der Waals surface area contributed by atoms with Crippen molar-refractivity contribution in [3.63, 3.8) is 0 Å². The third-order valence-electron chi connectivity index (χ3n) is 5.21. The second kappa shape index (κ2) is 9.40. The molecule has 33 heavy (non-hydrogen) atoms. The predicted molar refractivity (Wildman–Crippen MR) is 104 cm³/mol. The third kappa shape index (κ3) is 6.68. The number of nitrogens with one attached hydrogen (secondary N) is 4. The van der Waals surface area contributed by atoms with Crippen LogP contribution in [-0.2, 0) is 11.0 Å². The Morgan fingerprint density at radius 3 is 2.24 bits per heavy atom. The van der Waals surface area contributed by atoms with E-state index in [0.717, 1.165) is 6.07 Å². The number of amides is 2. The van der Waals surface area contributed by atoms with E-state index in [4.69, 9.17) is 5.41 Å². The van der Waals surface area contributed by atoms with Gasteiger partial charge in [-0.15, -0.1) is 0 Å². The molecule has 1 aliphatic rings. The number of halogens is 7. The largest absolute Gasteiger partial charge is 0.419 e. The molecule has 2 rings (SSSR count). The van der Waals surface area contributed by atoms with Crippen LogP contribution in [0.3, 0.4) is 0 Å². The van der Waals surface area contributed by atoms with Crippen LogP contribution in [0.4, 0.5) is 35.5 Å². The summed E-state index contributed by atoms with van der Waals surface area (Å²) in [5, 5.41) is 14.6. The highest BCUT2D eigenvalue weighted by Crippen LogP contribution is 2.55. The summed E-state index contributed by atoms with van der Waals surface area (Å²) in [5.41, 5.74) is -4.09. The van der Waals surface area contributed by atoms with Crippen LogP contribution in [0.15, 0.2) is 29.6 Å². The lowest BCUT2D eigenvalue weighted by Gasteiger charge is -2.29. The van der Waals surface area contributed by atoms with Crippen LogP contribution in [0.2, 0.25) is 0 Å². The molecule has 1 fully saturated rings. The number of aldehydes is 1. The lowest BCUT2D eigenvalue weighted by molar-refractivity contribution is -0.140. The first-order valence-electron chi connectivity index (χ1n) is 9.57. The van der Waals surface area contributed by atoms with Gasteiger partial charge in [0.25, 0.3) is 0 Å². The van der Waals surface area contributed by atoms with Gasteiger partial charge in [0.2, 0.25) is 0 Å². The number of hydrogen-bond acceptors (Lipinski definition) is 4. The molecule has 2 amide bonds. The molecule has 0 heterocycles. The number of allylic oxidation sites excluding steroid dienone is 1. The topological polar surface area (TPSA) is 94.1 Å². The second-order valence-electron chi connectivity index (χ2n) is 7.85. The van der Waals surface area contributed by atoms with Crippen LogP contribution in [0, 0.1) is 16.6 Å². The fourth-order valence-electron chi connectivity index (χ4n) is 3.16. The van der Waals surface area contributed by atoms with Gasteiger partial charge >= 0.3 is 18.4 Å². The molecule has 1 aromatic carbocycles. The van der Waals surface area contributed by atoms with Gasteiger partial charge in [-0.25, -0.2) is 9.18 Å². The van der Waals surface area contributed by atoms with Crippen LogP contribution >= 0.6 is 0 Å². The average molecular weight is 482 g/mol. The van der Waals surface area contributed by atoms with Crippen molar-refractivity contribution in [2.45, 2.75) is 44.6 Å². The highest BCUT2D eigenvalue weighted by atomic mass is 19.4. The summed E-state index contributed by atoms with van der Waals surface area (Å²) in [7, 11) is 1.19. The van der Waals surface area contributed by atoms with Crippen molar-refractivity contribution in [3.8, 4) is 0 Å². The Morgan fingerprint density at radius 1 is 1.21 bits per heavy atom. The number of benzene rings is 1. The maximum absolute atomic E-state index is 14.2. The molecule has 13 heteroatoms. The van der Waals surface area contributed by atoms with E-state index in [1.807, 2.05) is 0 Å². The summed E-state index contributed by atoms with van der Waals surface area (Å²) in [6.07, 6.45) is -10.5. The number of carbonyl (C=O) groups is 2. The molecule has 0 aromatic heterocycles. The standard InChI is InChI=1S/C20H21F7N4O2/c1-18(5-6-18)15(10-3-4-12(13(21)7-10)20(25,26)27)30-16(31-17(33)29-2)11(9-32)14(28)8-19(22,23)24/h3-4,7,9,15,28,30H,5-6,8H2,1-2H3,(H2,29,31,33)/b16-11+,28-14?. The number of urea groups is 1. The van der Waals surface area contributed by atoms with E-state index in [0.29, 0.717) is 25.0 Å². The van der Waals surface area contributed by atoms with Gasteiger partial charge < -0.3 is 16.0 Å². The molecule has 1 unspecified atom stereocenters. The van der Waals surface area contributed by atoms with Gasteiger partial charge in [-0.05, 0) is 36.0 Å². The SMILES string of the molecule is CNC(=O)N/C(NC(c1ccc(C(F)(F)F)c(F)c1)C1(C)CC1)=C(\C=O)C(=N)CC(F)(F)F. The number of hydrogen-bond donors (Lipinski definition) is 4. The zero-order chi connectivity index (χ0) is 25.2. The zero-order valence-electron chi connectivity index (χ0n) is 17.5. The fraction of sp³-hybridized carbons (Fsp3) is 0.450. The molecule has 1 saturated carbocycles. The van der Waals surface area contributed by atoms with Crippen molar-refractivity contribution in [1.29, 1.82) is 5.41 Å². The van der Waals surface area contributed by atoms with E-state index >= 15 is 0 Å². The first-order chi connectivity index (χ1) is 15.1. The summed E-state index contributed by atoms with van der Waals surface area (Å²) in [6.45, 7) is 1.69. The van der Waals surface area contributed by atoms with Gasteiger partial charge in [-0.1, -0.05) is 13.0 Å². The summed E-state index contributed by atoms with van der Waals surface area (Å²) in [4.78, 5) is 23.4. The van der Waals surface area contributed by atoms with Gasteiger partial charge in [0.15, 0.2) is 6.29 Å².